The normalized spacial score (nSPS) is 22.4. The number of amides is 1. The number of aromatic nitrogens is 1. The lowest BCUT2D eigenvalue weighted by Crippen LogP contribution is -2.35. The molecule has 5 heteroatoms. The molecule has 2 rings (SSSR count). The molecular weight excluding hydrogens is 242 g/mol. The van der Waals surface area contributed by atoms with Crippen LogP contribution in [0.4, 0.5) is 0 Å². The molecular formula is C14H21N3O2. The Morgan fingerprint density at radius 1 is 1.47 bits per heavy atom. The summed E-state index contributed by atoms with van der Waals surface area (Å²) < 4.78 is 0. The van der Waals surface area contributed by atoms with Crippen molar-refractivity contribution in [2.75, 3.05) is 13.1 Å². The number of aryl methyl sites for hydroxylation is 1. The number of carbonyl (C=O) groups is 1. The van der Waals surface area contributed by atoms with Gasteiger partial charge in [0.1, 0.15) is 5.56 Å². The molecule has 2 atom stereocenters. The molecule has 0 aromatic carbocycles. The molecule has 0 saturated heterocycles. The zero-order chi connectivity index (χ0) is 13.8. The van der Waals surface area contributed by atoms with E-state index in [1.165, 1.54) is 18.7 Å². The number of rotatable bonds is 4. The van der Waals surface area contributed by atoms with Gasteiger partial charge in [-0.1, -0.05) is 6.42 Å². The number of nitrogens with one attached hydrogen (secondary N) is 2. The van der Waals surface area contributed by atoms with Crippen LogP contribution >= 0.6 is 0 Å². The number of nitrogens with two attached hydrogens (primary N) is 1. The Kier molecular flexibility index (Phi) is 4.37. The van der Waals surface area contributed by atoms with Gasteiger partial charge in [-0.2, -0.15) is 0 Å². The molecule has 1 aromatic rings. The SMILES string of the molecule is Cc1cc(=O)c(C(=O)NCC2CCCC2CN)c[nH]1. The summed E-state index contributed by atoms with van der Waals surface area (Å²) in [4.78, 5) is 26.6. The average molecular weight is 263 g/mol. The molecule has 104 valence electrons. The zero-order valence-electron chi connectivity index (χ0n) is 11.2. The summed E-state index contributed by atoms with van der Waals surface area (Å²) in [5.74, 6) is 0.638. The van der Waals surface area contributed by atoms with Gasteiger partial charge in [-0.25, -0.2) is 0 Å². The van der Waals surface area contributed by atoms with Gasteiger partial charge in [0.2, 0.25) is 0 Å². The van der Waals surface area contributed by atoms with E-state index in [-0.39, 0.29) is 16.9 Å². The van der Waals surface area contributed by atoms with Crippen molar-refractivity contribution < 1.29 is 4.79 Å². The van der Waals surface area contributed by atoms with E-state index < -0.39 is 0 Å². The molecule has 0 radical (unpaired) electrons. The summed E-state index contributed by atoms with van der Waals surface area (Å²) in [5, 5.41) is 2.85. The van der Waals surface area contributed by atoms with Crippen LogP contribution < -0.4 is 16.5 Å². The van der Waals surface area contributed by atoms with Crippen molar-refractivity contribution in [2.24, 2.45) is 17.6 Å². The zero-order valence-corrected chi connectivity index (χ0v) is 11.2. The summed E-state index contributed by atoms with van der Waals surface area (Å²) in [6.45, 7) is 3.06. The maximum Gasteiger partial charge on any atom is 0.256 e. The van der Waals surface area contributed by atoms with E-state index in [9.17, 15) is 9.59 Å². The minimum atomic E-state index is -0.302. The van der Waals surface area contributed by atoms with Crippen molar-refractivity contribution in [3.63, 3.8) is 0 Å². The molecule has 0 spiro atoms. The molecule has 2 unspecified atom stereocenters. The molecule has 19 heavy (non-hydrogen) atoms. The number of hydrogen-bond donors (Lipinski definition) is 3. The minimum Gasteiger partial charge on any atom is -0.364 e. The molecule has 0 bridgehead atoms. The summed E-state index contributed by atoms with van der Waals surface area (Å²) in [7, 11) is 0. The van der Waals surface area contributed by atoms with Crippen molar-refractivity contribution in [3.05, 3.63) is 33.7 Å². The van der Waals surface area contributed by atoms with Crippen molar-refractivity contribution in [3.8, 4) is 0 Å². The first-order valence-corrected chi connectivity index (χ1v) is 6.79. The second-order valence-electron chi connectivity index (χ2n) is 5.29. The summed E-state index contributed by atoms with van der Waals surface area (Å²) in [6, 6.07) is 1.44. The fourth-order valence-corrected chi connectivity index (χ4v) is 2.76. The maximum atomic E-state index is 12.0. The average Bonchev–Trinajstić information content (AvgIpc) is 2.83. The van der Waals surface area contributed by atoms with Crippen LogP contribution in [0.2, 0.25) is 0 Å². The van der Waals surface area contributed by atoms with Gasteiger partial charge < -0.3 is 16.0 Å². The number of hydrogen-bond acceptors (Lipinski definition) is 3. The molecule has 1 aliphatic carbocycles. The molecule has 0 aliphatic heterocycles. The largest absolute Gasteiger partial charge is 0.364 e. The molecule has 1 saturated carbocycles. The molecule has 1 aromatic heterocycles. The van der Waals surface area contributed by atoms with Crippen LogP contribution in [0.25, 0.3) is 0 Å². The smallest absolute Gasteiger partial charge is 0.256 e. The number of carbonyl (C=O) groups excluding carboxylic acids is 1. The van der Waals surface area contributed by atoms with Crippen molar-refractivity contribution in [1.29, 1.82) is 0 Å². The van der Waals surface area contributed by atoms with Gasteiger partial charge >= 0.3 is 0 Å². The van der Waals surface area contributed by atoms with Crippen LogP contribution in [0, 0.1) is 18.8 Å². The van der Waals surface area contributed by atoms with E-state index >= 15 is 0 Å². The van der Waals surface area contributed by atoms with Gasteiger partial charge in [0.25, 0.3) is 5.91 Å². The Balaban J connectivity index is 1.96. The van der Waals surface area contributed by atoms with Crippen molar-refractivity contribution >= 4 is 5.91 Å². The fraction of sp³-hybridized carbons (Fsp3) is 0.571. The number of pyridine rings is 1. The van der Waals surface area contributed by atoms with Crippen LogP contribution in [0.1, 0.15) is 35.3 Å². The molecule has 1 aliphatic rings. The highest BCUT2D eigenvalue weighted by molar-refractivity contribution is 5.93. The van der Waals surface area contributed by atoms with Crippen LogP contribution in [0.15, 0.2) is 17.1 Å². The van der Waals surface area contributed by atoms with Crippen LogP contribution in [0.5, 0.6) is 0 Å². The van der Waals surface area contributed by atoms with Gasteiger partial charge in [-0.05, 0) is 38.1 Å². The highest BCUT2D eigenvalue weighted by Crippen LogP contribution is 2.30. The van der Waals surface area contributed by atoms with Crippen molar-refractivity contribution in [2.45, 2.75) is 26.2 Å². The first-order chi connectivity index (χ1) is 9.11. The molecule has 4 N–H and O–H groups in total. The third kappa shape index (κ3) is 3.23. The summed E-state index contributed by atoms with van der Waals surface area (Å²) >= 11 is 0. The quantitative estimate of drug-likeness (QED) is 0.750. The van der Waals surface area contributed by atoms with Crippen molar-refractivity contribution in [1.82, 2.24) is 10.3 Å². The maximum absolute atomic E-state index is 12.0. The number of H-pyrrole nitrogens is 1. The Morgan fingerprint density at radius 2 is 2.21 bits per heavy atom. The van der Waals surface area contributed by atoms with Gasteiger partial charge in [-0.15, -0.1) is 0 Å². The van der Waals surface area contributed by atoms with E-state index in [2.05, 4.69) is 10.3 Å². The minimum absolute atomic E-state index is 0.174. The van der Waals surface area contributed by atoms with Crippen LogP contribution in [-0.4, -0.2) is 24.0 Å². The van der Waals surface area contributed by atoms with E-state index in [1.807, 2.05) is 0 Å². The highest BCUT2D eigenvalue weighted by Gasteiger charge is 2.26. The molecule has 1 fully saturated rings. The third-order valence-corrected chi connectivity index (χ3v) is 3.95. The van der Waals surface area contributed by atoms with Crippen LogP contribution in [0.3, 0.4) is 0 Å². The predicted molar refractivity (Wildman–Crippen MR) is 74.0 cm³/mol. The van der Waals surface area contributed by atoms with E-state index in [0.717, 1.165) is 18.5 Å². The van der Waals surface area contributed by atoms with E-state index in [4.69, 9.17) is 5.73 Å². The Labute approximate surface area is 112 Å². The van der Waals surface area contributed by atoms with Gasteiger partial charge in [-0.3, -0.25) is 9.59 Å². The molecule has 1 amide bonds. The highest BCUT2D eigenvalue weighted by atomic mass is 16.2. The Morgan fingerprint density at radius 3 is 2.89 bits per heavy atom. The fourth-order valence-electron chi connectivity index (χ4n) is 2.76. The first kappa shape index (κ1) is 13.8. The standard InChI is InChI=1S/C14H21N3O2/c1-9-5-13(18)12(8-16-9)14(19)17-7-11-4-2-3-10(11)6-15/h5,8,10-11H,2-4,6-7,15H2,1H3,(H,16,18)(H,17,19). The van der Waals surface area contributed by atoms with Gasteiger partial charge in [0.05, 0.1) is 0 Å². The van der Waals surface area contributed by atoms with Crippen LogP contribution in [-0.2, 0) is 0 Å². The van der Waals surface area contributed by atoms with Gasteiger partial charge in [0, 0.05) is 24.5 Å². The molecule has 5 nitrogen and oxygen atoms in total. The lowest BCUT2D eigenvalue weighted by atomic mass is 9.96. The Hall–Kier alpha value is -1.62. The molecule has 1 heterocycles. The third-order valence-electron chi connectivity index (χ3n) is 3.95. The summed E-state index contributed by atoms with van der Waals surface area (Å²) in [6.07, 6.45) is 4.89. The second kappa shape index (κ2) is 6.02. The number of aromatic amines is 1. The summed E-state index contributed by atoms with van der Waals surface area (Å²) in [5.41, 5.74) is 6.40. The lowest BCUT2D eigenvalue weighted by Gasteiger charge is -2.18. The topological polar surface area (TPSA) is 88.0 Å². The Bertz CT molecular complexity index is 510. The van der Waals surface area contributed by atoms with E-state index in [0.29, 0.717) is 24.9 Å². The van der Waals surface area contributed by atoms with E-state index in [1.54, 1.807) is 6.92 Å². The van der Waals surface area contributed by atoms with Gasteiger partial charge in [0.15, 0.2) is 5.43 Å². The monoisotopic (exact) mass is 263 g/mol. The second-order valence-corrected chi connectivity index (χ2v) is 5.29. The predicted octanol–water partition coefficient (Wildman–Crippen LogP) is 0.788. The first-order valence-electron chi connectivity index (χ1n) is 6.79. The lowest BCUT2D eigenvalue weighted by molar-refractivity contribution is 0.0942.